The highest BCUT2D eigenvalue weighted by Gasteiger charge is 2.25. The van der Waals surface area contributed by atoms with Crippen molar-refractivity contribution < 1.29 is 14.1 Å². The van der Waals surface area contributed by atoms with Crippen LogP contribution in [-0.4, -0.2) is 57.3 Å². The Bertz CT molecular complexity index is 884. The Morgan fingerprint density at radius 2 is 2.04 bits per heavy atom. The van der Waals surface area contributed by atoms with Crippen LogP contribution in [0.1, 0.15) is 52.5 Å². The van der Waals surface area contributed by atoms with Gasteiger partial charge in [-0.1, -0.05) is 5.16 Å². The van der Waals surface area contributed by atoms with Crippen molar-refractivity contribution in [3.05, 3.63) is 34.5 Å². The Kier molecular flexibility index (Phi) is 5.06. The third-order valence-electron chi connectivity index (χ3n) is 5.31. The first-order valence-corrected chi connectivity index (χ1v) is 9.80. The van der Waals surface area contributed by atoms with Crippen LogP contribution in [0.3, 0.4) is 0 Å². The van der Waals surface area contributed by atoms with Gasteiger partial charge in [0.2, 0.25) is 5.76 Å². The van der Waals surface area contributed by atoms with Gasteiger partial charge >= 0.3 is 6.03 Å². The number of nitrogens with one attached hydrogen (secondary N) is 1. The van der Waals surface area contributed by atoms with Crippen molar-refractivity contribution in [2.45, 2.75) is 51.7 Å². The minimum absolute atomic E-state index is 0.000374. The summed E-state index contributed by atoms with van der Waals surface area (Å²) in [6.07, 6.45) is 4.72. The fourth-order valence-electron chi connectivity index (χ4n) is 3.87. The summed E-state index contributed by atoms with van der Waals surface area (Å²) in [6.45, 7) is 2.31. The van der Waals surface area contributed by atoms with E-state index in [1.165, 1.54) is 0 Å². The second-order valence-corrected chi connectivity index (χ2v) is 7.63. The third kappa shape index (κ3) is 3.61. The van der Waals surface area contributed by atoms with Gasteiger partial charge in [-0.15, -0.1) is 0 Å². The zero-order valence-corrected chi connectivity index (χ0v) is 16.4. The van der Waals surface area contributed by atoms with Crippen molar-refractivity contribution in [3.63, 3.8) is 0 Å². The summed E-state index contributed by atoms with van der Waals surface area (Å²) in [5.41, 5.74) is 3.61. The normalized spacial score (nSPS) is 16.1. The van der Waals surface area contributed by atoms with Gasteiger partial charge in [0.05, 0.1) is 30.2 Å². The molecular weight excluding hydrogens is 360 g/mol. The molecule has 150 valence electrons. The zero-order valence-electron chi connectivity index (χ0n) is 16.4. The lowest BCUT2D eigenvalue weighted by molar-refractivity contribution is 0.0912. The highest BCUT2D eigenvalue weighted by molar-refractivity contribution is 5.93. The Hall–Kier alpha value is -2.84. The van der Waals surface area contributed by atoms with E-state index in [0.29, 0.717) is 25.4 Å². The highest BCUT2D eigenvalue weighted by Crippen LogP contribution is 2.24. The molecule has 0 spiro atoms. The van der Waals surface area contributed by atoms with Crippen LogP contribution in [-0.2, 0) is 32.5 Å². The fraction of sp³-hybridized carbons (Fsp3) is 0.579. The molecule has 28 heavy (non-hydrogen) atoms. The summed E-state index contributed by atoms with van der Waals surface area (Å²) < 4.78 is 7.22. The fourth-order valence-corrected chi connectivity index (χ4v) is 3.87. The average molecular weight is 386 g/mol. The Morgan fingerprint density at radius 3 is 2.86 bits per heavy atom. The van der Waals surface area contributed by atoms with E-state index >= 15 is 0 Å². The zero-order chi connectivity index (χ0) is 19.7. The number of fused-ring (bicyclic) bond motifs is 2. The van der Waals surface area contributed by atoms with Crippen molar-refractivity contribution in [2.24, 2.45) is 0 Å². The largest absolute Gasteiger partial charge is 0.350 e. The van der Waals surface area contributed by atoms with Crippen LogP contribution in [0.5, 0.6) is 0 Å². The Labute approximate surface area is 163 Å². The lowest BCUT2D eigenvalue weighted by Crippen LogP contribution is -2.38. The molecule has 2 aliphatic rings. The summed E-state index contributed by atoms with van der Waals surface area (Å²) in [5.74, 6) is 0.0847. The van der Waals surface area contributed by atoms with Gasteiger partial charge in [0.15, 0.2) is 0 Å². The van der Waals surface area contributed by atoms with Crippen LogP contribution in [0, 0.1) is 0 Å². The standard InChI is InChI=1S/C19H26N6O3/c1-23(2)19(27)24-8-5-9-25-14(12-24)10-13(21-25)11-20-18(26)17-15-6-3-4-7-16(15)22-28-17/h10H,3-9,11-12H2,1-2H3,(H,20,26). The van der Waals surface area contributed by atoms with Gasteiger partial charge in [0, 0.05) is 32.7 Å². The quantitative estimate of drug-likeness (QED) is 0.864. The Morgan fingerprint density at radius 1 is 1.21 bits per heavy atom. The Balaban J connectivity index is 1.41. The molecule has 1 N–H and O–H groups in total. The summed E-state index contributed by atoms with van der Waals surface area (Å²) in [7, 11) is 3.52. The number of aromatic nitrogens is 3. The molecule has 3 heterocycles. The molecular formula is C19H26N6O3. The molecule has 0 unspecified atom stereocenters. The van der Waals surface area contributed by atoms with Gasteiger partial charge in [-0.3, -0.25) is 9.48 Å². The molecule has 0 radical (unpaired) electrons. The first-order chi connectivity index (χ1) is 13.5. The lowest BCUT2D eigenvalue weighted by atomic mass is 9.96. The maximum Gasteiger partial charge on any atom is 0.319 e. The number of carbonyl (C=O) groups excluding carboxylic acids is 2. The van der Waals surface area contributed by atoms with Crippen LogP contribution in [0.25, 0.3) is 0 Å². The molecule has 0 atom stereocenters. The van der Waals surface area contributed by atoms with Crippen molar-refractivity contribution in [1.82, 2.24) is 30.1 Å². The molecule has 1 aliphatic heterocycles. The molecule has 4 rings (SSSR count). The molecule has 0 saturated carbocycles. The monoisotopic (exact) mass is 386 g/mol. The number of amides is 3. The van der Waals surface area contributed by atoms with Gasteiger partial charge < -0.3 is 19.6 Å². The number of urea groups is 1. The van der Waals surface area contributed by atoms with Crippen molar-refractivity contribution in [1.29, 1.82) is 0 Å². The molecule has 0 saturated heterocycles. The number of carbonyl (C=O) groups is 2. The van der Waals surface area contributed by atoms with Crippen LogP contribution in [0.2, 0.25) is 0 Å². The number of aryl methyl sites for hydroxylation is 2. The number of hydrogen-bond donors (Lipinski definition) is 1. The molecule has 9 nitrogen and oxygen atoms in total. The molecule has 0 bridgehead atoms. The molecule has 1 aliphatic carbocycles. The third-order valence-corrected chi connectivity index (χ3v) is 5.31. The van der Waals surface area contributed by atoms with Crippen molar-refractivity contribution in [3.8, 4) is 0 Å². The average Bonchev–Trinajstić information content (AvgIpc) is 3.23. The van der Waals surface area contributed by atoms with Crippen molar-refractivity contribution >= 4 is 11.9 Å². The van der Waals surface area contributed by atoms with E-state index in [0.717, 1.165) is 61.3 Å². The SMILES string of the molecule is CN(C)C(=O)N1CCCn2nc(CNC(=O)c3onc4c3CCCC4)cc2C1. The number of hydrogen-bond acceptors (Lipinski definition) is 5. The van der Waals surface area contributed by atoms with E-state index in [-0.39, 0.29) is 11.9 Å². The summed E-state index contributed by atoms with van der Waals surface area (Å²) in [6, 6.07) is 1.96. The van der Waals surface area contributed by atoms with Gasteiger partial charge in [-0.25, -0.2) is 4.79 Å². The van der Waals surface area contributed by atoms with E-state index < -0.39 is 0 Å². The predicted octanol–water partition coefficient (Wildman–Crippen LogP) is 1.57. The molecule has 0 aromatic carbocycles. The topological polar surface area (TPSA) is 96.5 Å². The molecule has 9 heteroatoms. The van der Waals surface area contributed by atoms with Crippen molar-refractivity contribution in [2.75, 3.05) is 20.6 Å². The molecule has 0 fully saturated rings. The summed E-state index contributed by atoms with van der Waals surface area (Å²) in [5, 5.41) is 11.5. The summed E-state index contributed by atoms with van der Waals surface area (Å²) >= 11 is 0. The van der Waals surface area contributed by atoms with Gasteiger partial charge in [0.25, 0.3) is 5.91 Å². The second kappa shape index (κ2) is 7.65. The number of nitrogens with zero attached hydrogens (tertiary/aromatic N) is 5. The first kappa shape index (κ1) is 18.5. The molecule has 2 aromatic heterocycles. The van der Waals surface area contributed by atoms with Gasteiger partial charge in [-0.05, 0) is 38.2 Å². The van der Waals surface area contributed by atoms with E-state index in [1.54, 1.807) is 19.0 Å². The highest BCUT2D eigenvalue weighted by atomic mass is 16.5. The molecule has 3 amide bonds. The van der Waals surface area contributed by atoms with Crippen LogP contribution in [0.4, 0.5) is 4.79 Å². The minimum Gasteiger partial charge on any atom is -0.350 e. The minimum atomic E-state index is -0.247. The van der Waals surface area contributed by atoms with E-state index in [4.69, 9.17) is 4.52 Å². The van der Waals surface area contributed by atoms with E-state index in [2.05, 4.69) is 15.6 Å². The number of rotatable bonds is 3. The smallest absolute Gasteiger partial charge is 0.319 e. The van der Waals surface area contributed by atoms with Crippen LogP contribution >= 0.6 is 0 Å². The maximum absolute atomic E-state index is 12.5. The maximum atomic E-state index is 12.5. The van der Waals surface area contributed by atoms with Crippen LogP contribution in [0.15, 0.2) is 10.6 Å². The lowest BCUT2D eigenvalue weighted by Gasteiger charge is -2.23. The summed E-state index contributed by atoms with van der Waals surface area (Å²) in [4.78, 5) is 28.2. The van der Waals surface area contributed by atoms with Gasteiger partial charge in [0.1, 0.15) is 0 Å². The predicted molar refractivity (Wildman–Crippen MR) is 101 cm³/mol. The first-order valence-electron chi connectivity index (χ1n) is 9.80. The van der Waals surface area contributed by atoms with E-state index in [1.807, 2.05) is 15.6 Å². The van der Waals surface area contributed by atoms with Crippen LogP contribution < -0.4 is 5.32 Å². The van der Waals surface area contributed by atoms with Gasteiger partial charge in [-0.2, -0.15) is 5.10 Å². The molecule has 2 aromatic rings. The second-order valence-electron chi connectivity index (χ2n) is 7.63. The van der Waals surface area contributed by atoms with E-state index in [9.17, 15) is 9.59 Å².